The van der Waals surface area contributed by atoms with E-state index in [4.69, 9.17) is 23.2 Å². The van der Waals surface area contributed by atoms with Gasteiger partial charge in [-0.2, -0.15) is 0 Å². The van der Waals surface area contributed by atoms with Crippen LogP contribution in [0.2, 0.25) is 10.0 Å². The van der Waals surface area contributed by atoms with Crippen molar-refractivity contribution in [3.63, 3.8) is 0 Å². The fraction of sp³-hybridized carbons (Fsp3) is 0.364. The number of fused-ring (bicyclic) bond motifs is 3. The molecule has 5 rings (SSSR count). The number of nitrogens with zero attached hydrogens (tertiary/aromatic N) is 1. The standard InChI is InChI=1S/C22H20Cl2N2O/c23-16-2-1-3-17(24)21(16)22-25-18-7-6-14(10-19(18)26-22)20(27)11-15-9-12-4-5-13(15)8-12/h1-3,6-7,10,12-13,15H,4-5,8-9,11H2,(H,25,26). The summed E-state index contributed by atoms with van der Waals surface area (Å²) in [6, 6.07) is 11.1. The minimum atomic E-state index is 0.237. The number of rotatable bonds is 4. The second-order valence-electron chi connectivity index (χ2n) is 7.98. The molecule has 3 unspecified atom stereocenters. The molecule has 27 heavy (non-hydrogen) atoms. The molecule has 1 aromatic heterocycles. The molecule has 2 fully saturated rings. The van der Waals surface area contributed by atoms with Crippen LogP contribution < -0.4 is 0 Å². The average Bonchev–Trinajstić information content (AvgIpc) is 3.35. The minimum absolute atomic E-state index is 0.237. The Balaban J connectivity index is 1.43. The van der Waals surface area contributed by atoms with E-state index >= 15 is 0 Å². The third kappa shape index (κ3) is 3.07. The maximum Gasteiger partial charge on any atom is 0.163 e. The zero-order chi connectivity index (χ0) is 18.5. The Bertz CT molecular complexity index is 1020. The molecular formula is C22H20Cl2N2O. The molecule has 1 heterocycles. The predicted octanol–water partition coefficient (Wildman–Crippen LogP) is 6.55. The molecule has 0 amide bonds. The van der Waals surface area contributed by atoms with Crippen LogP contribution in [0.25, 0.3) is 22.4 Å². The summed E-state index contributed by atoms with van der Waals surface area (Å²) in [5, 5.41) is 1.10. The van der Waals surface area contributed by atoms with Gasteiger partial charge in [-0.25, -0.2) is 4.98 Å². The number of carbonyl (C=O) groups is 1. The molecule has 2 aliphatic carbocycles. The summed E-state index contributed by atoms with van der Waals surface area (Å²) in [5.74, 6) is 3.07. The number of hydrogen-bond donors (Lipinski definition) is 1. The molecule has 2 aromatic carbocycles. The van der Waals surface area contributed by atoms with Crippen molar-refractivity contribution in [3.05, 3.63) is 52.0 Å². The summed E-state index contributed by atoms with van der Waals surface area (Å²) in [6.07, 6.45) is 5.91. The first-order valence-corrected chi connectivity index (χ1v) is 10.3. The smallest absolute Gasteiger partial charge is 0.163 e. The summed E-state index contributed by atoms with van der Waals surface area (Å²) in [6.45, 7) is 0. The van der Waals surface area contributed by atoms with Crippen molar-refractivity contribution in [1.82, 2.24) is 9.97 Å². The van der Waals surface area contributed by atoms with Crippen LogP contribution in [0.4, 0.5) is 0 Å². The molecule has 0 radical (unpaired) electrons. The molecule has 1 N–H and O–H groups in total. The molecule has 5 heteroatoms. The summed E-state index contributed by atoms with van der Waals surface area (Å²) in [7, 11) is 0. The molecule has 0 saturated heterocycles. The highest BCUT2D eigenvalue weighted by atomic mass is 35.5. The fourth-order valence-electron chi connectivity index (χ4n) is 5.01. The molecule has 3 nitrogen and oxygen atoms in total. The van der Waals surface area contributed by atoms with E-state index in [2.05, 4.69) is 9.97 Å². The maximum atomic E-state index is 12.8. The van der Waals surface area contributed by atoms with Crippen molar-refractivity contribution in [1.29, 1.82) is 0 Å². The number of carbonyl (C=O) groups excluding carboxylic acids is 1. The number of H-pyrrole nitrogens is 1. The van der Waals surface area contributed by atoms with Gasteiger partial charge in [-0.3, -0.25) is 4.79 Å². The Morgan fingerprint density at radius 2 is 1.93 bits per heavy atom. The van der Waals surface area contributed by atoms with Crippen LogP contribution in [0.15, 0.2) is 36.4 Å². The van der Waals surface area contributed by atoms with E-state index < -0.39 is 0 Å². The van der Waals surface area contributed by atoms with E-state index in [1.54, 1.807) is 12.1 Å². The molecule has 2 bridgehead atoms. The van der Waals surface area contributed by atoms with Crippen LogP contribution in [0.5, 0.6) is 0 Å². The van der Waals surface area contributed by atoms with Crippen LogP contribution in [-0.4, -0.2) is 15.8 Å². The third-order valence-corrected chi connectivity index (χ3v) is 6.97. The van der Waals surface area contributed by atoms with Gasteiger partial charge < -0.3 is 4.98 Å². The average molecular weight is 399 g/mol. The van der Waals surface area contributed by atoms with Crippen LogP contribution >= 0.6 is 23.2 Å². The highest BCUT2D eigenvalue weighted by molar-refractivity contribution is 6.39. The molecule has 3 atom stereocenters. The first-order chi connectivity index (χ1) is 13.1. The van der Waals surface area contributed by atoms with Crippen LogP contribution in [0.1, 0.15) is 42.5 Å². The van der Waals surface area contributed by atoms with Crippen LogP contribution in [0.3, 0.4) is 0 Å². The van der Waals surface area contributed by atoms with E-state index in [-0.39, 0.29) is 5.78 Å². The Morgan fingerprint density at radius 3 is 2.63 bits per heavy atom. The van der Waals surface area contributed by atoms with Gasteiger partial charge in [0, 0.05) is 12.0 Å². The van der Waals surface area contributed by atoms with E-state index in [0.717, 1.165) is 28.4 Å². The molecule has 138 valence electrons. The van der Waals surface area contributed by atoms with Gasteiger partial charge >= 0.3 is 0 Å². The summed E-state index contributed by atoms with van der Waals surface area (Å²) in [4.78, 5) is 20.7. The van der Waals surface area contributed by atoms with Gasteiger partial charge in [0.2, 0.25) is 0 Å². The van der Waals surface area contributed by atoms with E-state index in [0.29, 0.717) is 33.8 Å². The first kappa shape index (κ1) is 17.3. The first-order valence-electron chi connectivity index (χ1n) is 9.56. The number of hydrogen-bond acceptors (Lipinski definition) is 2. The van der Waals surface area contributed by atoms with Gasteiger partial charge in [-0.15, -0.1) is 0 Å². The monoisotopic (exact) mass is 398 g/mol. The molecule has 2 saturated carbocycles. The quantitative estimate of drug-likeness (QED) is 0.506. The number of benzene rings is 2. The Labute approximate surface area is 168 Å². The number of aromatic nitrogens is 2. The lowest BCUT2D eigenvalue weighted by Crippen LogP contribution is -2.15. The summed E-state index contributed by atoms with van der Waals surface area (Å²) >= 11 is 12.6. The lowest BCUT2D eigenvalue weighted by molar-refractivity contribution is 0.0944. The Hall–Kier alpha value is -1.84. The van der Waals surface area contributed by atoms with E-state index in [1.807, 2.05) is 24.3 Å². The van der Waals surface area contributed by atoms with Gasteiger partial charge in [-0.05, 0) is 67.3 Å². The van der Waals surface area contributed by atoms with E-state index in [1.165, 1.54) is 25.7 Å². The van der Waals surface area contributed by atoms with Crippen molar-refractivity contribution >= 4 is 40.0 Å². The molecule has 0 spiro atoms. The van der Waals surface area contributed by atoms with Crippen LogP contribution in [-0.2, 0) is 0 Å². The zero-order valence-corrected chi connectivity index (χ0v) is 16.4. The highest BCUT2D eigenvalue weighted by Crippen LogP contribution is 2.49. The molecule has 3 aromatic rings. The number of Topliss-reactive ketones (excluding diaryl/α,β-unsaturated/α-hetero) is 1. The van der Waals surface area contributed by atoms with Crippen molar-refractivity contribution in [2.75, 3.05) is 0 Å². The predicted molar refractivity (Wildman–Crippen MR) is 109 cm³/mol. The van der Waals surface area contributed by atoms with Crippen molar-refractivity contribution < 1.29 is 4.79 Å². The number of aromatic amines is 1. The molecule has 0 aliphatic heterocycles. The minimum Gasteiger partial charge on any atom is -0.338 e. The Morgan fingerprint density at radius 1 is 1.11 bits per heavy atom. The lowest BCUT2D eigenvalue weighted by atomic mass is 9.84. The molecular weight excluding hydrogens is 379 g/mol. The second-order valence-corrected chi connectivity index (χ2v) is 8.79. The van der Waals surface area contributed by atoms with Gasteiger partial charge in [0.25, 0.3) is 0 Å². The lowest BCUT2D eigenvalue weighted by Gasteiger charge is -2.20. The SMILES string of the molecule is O=C(CC1CC2CCC1C2)c1ccc2nc(-c3c(Cl)cccc3Cl)[nH]c2c1. The summed E-state index contributed by atoms with van der Waals surface area (Å²) in [5.41, 5.74) is 3.08. The highest BCUT2D eigenvalue weighted by Gasteiger charge is 2.40. The normalized spacial score (nSPS) is 24.0. The number of nitrogens with one attached hydrogen (secondary N) is 1. The van der Waals surface area contributed by atoms with Gasteiger partial charge in [0.15, 0.2) is 5.78 Å². The number of imidazole rings is 1. The van der Waals surface area contributed by atoms with Gasteiger partial charge in [0.05, 0.1) is 26.6 Å². The van der Waals surface area contributed by atoms with Crippen molar-refractivity contribution in [3.8, 4) is 11.4 Å². The van der Waals surface area contributed by atoms with Crippen molar-refractivity contribution in [2.24, 2.45) is 17.8 Å². The summed E-state index contributed by atoms with van der Waals surface area (Å²) < 4.78 is 0. The zero-order valence-electron chi connectivity index (χ0n) is 14.8. The Kier molecular flexibility index (Phi) is 4.25. The van der Waals surface area contributed by atoms with Crippen molar-refractivity contribution in [2.45, 2.75) is 32.1 Å². The van der Waals surface area contributed by atoms with E-state index in [9.17, 15) is 4.79 Å². The maximum absolute atomic E-state index is 12.8. The van der Waals surface area contributed by atoms with Crippen LogP contribution in [0, 0.1) is 17.8 Å². The topological polar surface area (TPSA) is 45.8 Å². The number of ketones is 1. The second kappa shape index (κ2) is 6.65. The molecule has 2 aliphatic rings. The van der Waals surface area contributed by atoms with Gasteiger partial charge in [0.1, 0.15) is 5.82 Å². The fourth-order valence-corrected chi connectivity index (χ4v) is 5.58. The van der Waals surface area contributed by atoms with Gasteiger partial charge in [-0.1, -0.05) is 35.7 Å². The number of halogens is 2. The third-order valence-electron chi connectivity index (χ3n) is 6.34. The largest absolute Gasteiger partial charge is 0.338 e.